The van der Waals surface area contributed by atoms with Gasteiger partial charge in [-0.15, -0.1) is 10.2 Å². The fourth-order valence-corrected chi connectivity index (χ4v) is 2.53. The maximum Gasteiger partial charge on any atom is 0.256 e. The van der Waals surface area contributed by atoms with E-state index in [9.17, 15) is 4.79 Å². The molecule has 0 N–H and O–H groups in total. The lowest BCUT2D eigenvalue weighted by Gasteiger charge is -2.13. The Hall–Kier alpha value is -1.86. The molecule has 112 valence electrons. The number of nitrogens with zero attached hydrogens (tertiary/aromatic N) is 4. The summed E-state index contributed by atoms with van der Waals surface area (Å²) in [4.78, 5) is 16.6. The van der Waals surface area contributed by atoms with E-state index in [0.717, 1.165) is 5.69 Å². The fraction of sp³-hybridized carbons (Fsp3) is 0.357. The predicted molar refractivity (Wildman–Crippen MR) is 81.3 cm³/mol. The monoisotopic (exact) mass is 306 g/mol. The predicted octanol–water partition coefficient (Wildman–Crippen LogP) is 2.00. The van der Waals surface area contributed by atoms with E-state index >= 15 is 0 Å². The second-order valence-electron chi connectivity index (χ2n) is 4.61. The van der Waals surface area contributed by atoms with Gasteiger partial charge in [-0.25, -0.2) is 5.06 Å². The molecule has 1 aromatic carbocycles. The first-order chi connectivity index (χ1) is 10.0. The van der Waals surface area contributed by atoms with Gasteiger partial charge >= 0.3 is 0 Å². The van der Waals surface area contributed by atoms with Gasteiger partial charge in [0.2, 0.25) is 0 Å². The van der Waals surface area contributed by atoms with Crippen LogP contribution >= 0.6 is 11.8 Å². The van der Waals surface area contributed by atoms with Crippen molar-refractivity contribution < 1.29 is 9.63 Å². The average Bonchev–Trinajstić information content (AvgIpc) is 2.95. The first-order valence-corrected chi connectivity index (χ1v) is 7.42. The summed E-state index contributed by atoms with van der Waals surface area (Å²) in [5.41, 5.74) is 3.42. The molecule has 0 aliphatic heterocycles. The Kier molecular flexibility index (Phi) is 4.98. The van der Waals surface area contributed by atoms with Crippen LogP contribution in [0.4, 0.5) is 0 Å². The quantitative estimate of drug-likeness (QED) is 0.624. The number of thioether (sulfide) groups is 1. The Bertz CT molecular complexity index is 642. The minimum Gasteiger partial charge on any atom is -0.277 e. The number of aryl methyl sites for hydroxylation is 2. The number of hydroxylamine groups is 2. The Morgan fingerprint density at radius 2 is 2.14 bits per heavy atom. The molecule has 0 aliphatic carbocycles. The number of carbonyl (C=O) groups excluding carboxylic acids is 1. The zero-order valence-corrected chi connectivity index (χ0v) is 13.3. The molecule has 2 rings (SSSR count). The molecule has 0 unspecified atom stereocenters. The van der Waals surface area contributed by atoms with Crippen LogP contribution in [0.1, 0.15) is 11.1 Å². The van der Waals surface area contributed by atoms with Gasteiger partial charge in [-0.1, -0.05) is 17.8 Å². The molecule has 0 spiro atoms. The molecule has 2 aromatic rings. The van der Waals surface area contributed by atoms with Gasteiger partial charge in [0, 0.05) is 12.7 Å². The molecule has 1 aromatic heterocycles. The van der Waals surface area contributed by atoms with Crippen molar-refractivity contribution in [3.8, 4) is 5.69 Å². The second-order valence-corrected chi connectivity index (χ2v) is 5.56. The average molecular weight is 306 g/mol. The van der Waals surface area contributed by atoms with Crippen molar-refractivity contribution in [1.29, 1.82) is 0 Å². The molecule has 0 saturated heterocycles. The zero-order chi connectivity index (χ0) is 15.4. The highest BCUT2D eigenvalue weighted by molar-refractivity contribution is 7.99. The van der Waals surface area contributed by atoms with E-state index in [1.54, 1.807) is 13.4 Å². The van der Waals surface area contributed by atoms with Crippen molar-refractivity contribution in [2.45, 2.75) is 19.0 Å². The third-order valence-corrected chi connectivity index (χ3v) is 4.16. The summed E-state index contributed by atoms with van der Waals surface area (Å²) in [6, 6.07) is 6.15. The van der Waals surface area contributed by atoms with Crippen molar-refractivity contribution in [1.82, 2.24) is 19.8 Å². The molecule has 0 aliphatic rings. The van der Waals surface area contributed by atoms with Crippen molar-refractivity contribution in [2.75, 3.05) is 19.9 Å². The molecule has 0 fully saturated rings. The Balaban J connectivity index is 2.15. The molecule has 1 heterocycles. The molecule has 7 heteroatoms. The SMILES string of the molecule is CON(C)C(=O)CSc1nncn1-c1ccc(C)c(C)c1. The van der Waals surface area contributed by atoms with Crippen molar-refractivity contribution in [3.05, 3.63) is 35.7 Å². The van der Waals surface area contributed by atoms with Crippen molar-refractivity contribution in [3.63, 3.8) is 0 Å². The summed E-state index contributed by atoms with van der Waals surface area (Å²) in [5.74, 6) is 0.116. The fourth-order valence-electron chi connectivity index (χ4n) is 1.69. The number of hydrogen-bond donors (Lipinski definition) is 0. The minimum atomic E-state index is -0.128. The van der Waals surface area contributed by atoms with Gasteiger partial charge in [-0.2, -0.15) is 0 Å². The van der Waals surface area contributed by atoms with E-state index < -0.39 is 0 Å². The maximum absolute atomic E-state index is 11.7. The van der Waals surface area contributed by atoms with Gasteiger partial charge in [-0.05, 0) is 37.1 Å². The Morgan fingerprint density at radius 1 is 1.38 bits per heavy atom. The van der Waals surface area contributed by atoms with E-state index in [4.69, 9.17) is 4.84 Å². The highest BCUT2D eigenvalue weighted by Crippen LogP contribution is 2.21. The number of amides is 1. The second kappa shape index (κ2) is 6.73. The lowest BCUT2D eigenvalue weighted by molar-refractivity contribution is -0.165. The number of hydrogen-bond acceptors (Lipinski definition) is 5. The summed E-state index contributed by atoms with van der Waals surface area (Å²) < 4.78 is 1.87. The Morgan fingerprint density at radius 3 is 2.81 bits per heavy atom. The van der Waals surface area contributed by atoms with E-state index in [0.29, 0.717) is 5.16 Å². The molecule has 6 nitrogen and oxygen atoms in total. The van der Waals surface area contributed by atoms with Crippen LogP contribution in [0.3, 0.4) is 0 Å². The normalized spacial score (nSPS) is 10.7. The van der Waals surface area contributed by atoms with E-state index in [1.807, 2.05) is 10.6 Å². The molecule has 0 saturated carbocycles. The van der Waals surface area contributed by atoms with Crippen LogP contribution in [0.2, 0.25) is 0 Å². The molecule has 0 atom stereocenters. The van der Waals surface area contributed by atoms with Crippen molar-refractivity contribution in [2.24, 2.45) is 0 Å². The molecule has 0 bridgehead atoms. The van der Waals surface area contributed by atoms with E-state index in [1.165, 1.54) is 35.1 Å². The number of benzene rings is 1. The van der Waals surface area contributed by atoms with Gasteiger partial charge in [0.15, 0.2) is 5.16 Å². The van der Waals surface area contributed by atoms with Gasteiger partial charge < -0.3 is 0 Å². The lowest BCUT2D eigenvalue weighted by Crippen LogP contribution is -2.27. The number of carbonyl (C=O) groups is 1. The largest absolute Gasteiger partial charge is 0.277 e. The number of aromatic nitrogens is 3. The molecular formula is C14H18N4O2S. The molecule has 21 heavy (non-hydrogen) atoms. The van der Waals surface area contributed by atoms with E-state index in [2.05, 4.69) is 36.2 Å². The molecule has 0 radical (unpaired) electrons. The highest BCUT2D eigenvalue weighted by Gasteiger charge is 2.13. The van der Waals surface area contributed by atoms with Gasteiger partial charge in [0.05, 0.1) is 12.9 Å². The van der Waals surface area contributed by atoms with Crippen LogP contribution in [0.5, 0.6) is 0 Å². The van der Waals surface area contributed by atoms with Gasteiger partial charge in [0.1, 0.15) is 6.33 Å². The summed E-state index contributed by atoms with van der Waals surface area (Å²) in [7, 11) is 3.04. The van der Waals surface area contributed by atoms with Crippen LogP contribution in [-0.4, -0.2) is 45.6 Å². The third-order valence-electron chi connectivity index (χ3n) is 3.23. The Labute approximate surface area is 128 Å². The van der Waals surface area contributed by atoms with Crippen LogP contribution in [0.25, 0.3) is 5.69 Å². The standard InChI is InChI=1S/C14H18N4O2S/c1-10-5-6-12(7-11(10)2)18-9-15-16-14(18)21-8-13(19)17(3)20-4/h5-7,9H,8H2,1-4H3. The van der Waals surface area contributed by atoms with Gasteiger partial charge in [0.25, 0.3) is 5.91 Å². The maximum atomic E-state index is 11.7. The minimum absolute atomic E-state index is 0.128. The first-order valence-electron chi connectivity index (χ1n) is 6.44. The smallest absolute Gasteiger partial charge is 0.256 e. The van der Waals surface area contributed by atoms with E-state index in [-0.39, 0.29) is 11.7 Å². The first kappa shape index (κ1) is 15.5. The van der Waals surface area contributed by atoms with Crippen LogP contribution < -0.4 is 0 Å². The molecular weight excluding hydrogens is 288 g/mol. The molecule has 1 amide bonds. The van der Waals surface area contributed by atoms with Crippen molar-refractivity contribution >= 4 is 17.7 Å². The van der Waals surface area contributed by atoms with Crippen LogP contribution in [-0.2, 0) is 9.63 Å². The zero-order valence-electron chi connectivity index (χ0n) is 12.5. The summed E-state index contributed by atoms with van der Waals surface area (Å²) in [6.45, 7) is 4.13. The highest BCUT2D eigenvalue weighted by atomic mass is 32.2. The van der Waals surface area contributed by atoms with Gasteiger partial charge in [-0.3, -0.25) is 14.2 Å². The number of rotatable bonds is 5. The van der Waals surface area contributed by atoms with Crippen LogP contribution in [0, 0.1) is 13.8 Å². The lowest BCUT2D eigenvalue weighted by atomic mass is 10.1. The summed E-state index contributed by atoms with van der Waals surface area (Å²) in [5, 5.41) is 9.87. The summed E-state index contributed by atoms with van der Waals surface area (Å²) in [6.07, 6.45) is 1.65. The topological polar surface area (TPSA) is 60.2 Å². The summed E-state index contributed by atoms with van der Waals surface area (Å²) >= 11 is 1.33. The van der Waals surface area contributed by atoms with Crippen LogP contribution in [0.15, 0.2) is 29.7 Å². The third kappa shape index (κ3) is 3.62.